The molecule has 0 saturated carbocycles. The van der Waals surface area contributed by atoms with Gasteiger partial charge in [-0.05, 0) is 23.8 Å². The fraction of sp³-hybridized carbons (Fsp3) is 0.368. The Kier molecular flexibility index (Phi) is 4.84. The number of hydrogen-bond donors (Lipinski definition) is 1. The molecular formula is C19H24N2O2. The van der Waals surface area contributed by atoms with Gasteiger partial charge in [0.15, 0.2) is 0 Å². The van der Waals surface area contributed by atoms with Crippen LogP contribution in [-0.4, -0.2) is 38.3 Å². The van der Waals surface area contributed by atoms with E-state index >= 15 is 0 Å². The predicted molar refractivity (Wildman–Crippen MR) is 92.0 cm³/mol. The van der Waals surface area contributed by atoms with Gasteiger partial charge in [0.2, 0.25) is 0 Å². The molecule has 0 aliphatic carbocycles. The minimum Gasteiger partial charge on any atom is -0.497 e. The molecule has 1 aliphatic rings. The van der Waals surface area contributed by atoms with Crippen LogP contribution in [0.25, 0.3) is 0 Å². The van der Waals surface area contributed by atoms with Crippen molar-refractivity contribution in [1.29, 1.82) is 0 Å². The molecule has 0 unspecified atom stereocenters. The molecule has 122 valence electrons. The minimum atomic E-state index is 0.161. The average Bonchev–Trinajstić information content (AvgIpc) is 2.96. The van der Waals surface area contributed by atoms with E-state index in [1.807, 2.05) is 24.3 Å². The number of likely N-dealkylation sites (tertiary alicyclic amines) is 1. The molecule has 0 radical (unpaired) electrons. The summed E-state index contributed by atoms with van der Waals surface area (Å²) in [5.41, 5.74) is 8.84. The Morgan fingerprint density at radius 2 is 1.83 bits per heavy atom. The Bertz CT molecular complexity index is 645. The van der Waals surface area contributed by atoms with Crippen molar-refractivity contribution >= 4 is 0 Å². The summed E-state index contributed by atoms with van der Waals surface area (Å²) in [7, 11) is 3.39. The number of nitrogens with zero attached hydrogens (tertiary/aromatic N) is 1. The fourth-order valence-electron chi connectivity index (χ4n) is 3.34. The molecule has 0 amide bonds. The standard InChI is InChI=1S/C19H24N2O2/c1-22-16-8-9-19(23-2)15(10-16)11-21-12-17(18(20)13-21)14-6-4-3-5-7-14/h3-10,17-18H,11-13,20H2,1-2H3/t17-,18+/m0/s1. The number of hydrogen-bond acceptors (Lipinski definition) is 4. The monoisotopic (exact) mass is 312 g/mol. The maximum absolute atomic E-state index is 6.38. The van der Waals surface area contributed by atoms with Gasteiger partial charge < -0.3 is 15.2 Å². The van der Waals surface area contributed by atoms with Gasteiger partial charge >= 0.3 is 0 Å². The first-order valence-corrected chi connectivity index (χ1v) is 7.95. The smallest absolute Gasteiger partial charge is 0.123 e. The fourth-order valence-corrected chi connectivity index (χ4v) is 3.34. The van der Waals surface area contributed by atoms with E-state index in [1.54, 1.807) is 14.2 Å². The van der Waals surface area contributed by atoms with Crippen LogP contribution in [0.2, 0.25) is 0 Å². The van der Waals surface area contributed by atoms with E-state index in [0.29, 0.717) is 5.92 Å². The van der Waals surface area contributed by atoms with E-state index in [9.17, 15) is 0 Å². The van der Waals surface area contributed by atoms with E-state index in [4.69, 9.17) is 15.2 Å². The van der Waals surface area contributed by atoms with E-state index < -0.39 is 0 Å². The third kappa shape index (κ3) is 3.49. The normalized spacial score (nSPS) is 21.3. The summed E-state index contributed by atoms with van der Waals surface area (Å²) in [5, 5.41) is 0. The molecule has 2 aromatic carbocycles. The highest BCUT2D eigenvalue weighted by Gasteiger charge is 2.31. The second kappa shape index (κ2) is 7.02. The molecule has 4 heteroatoms. The van der Waals surface area contributed by atoms with Crippen molar-refractivity contribution in [3.8, 4) is 11.5 Å². The molecule has 2 aromatic rings. The Morgan fingerprint density at radius 3 is 2.52 bits per heavy atom. The van der Waals surface area contributed by atoms with Crippen molar-refractivity contribution in [1.82, 2.24) is 4.90 Å². The lowest BCUT2D eigenvalue weighted by Gasteiger charge is -2.18. The average molecular weight is 312 g/mol. The predicted octanol–water partition coefficient (Wildman–Crippen LogP) is 2.63. The van der Waals surface area contributed by atoms with Crippen LogP contribution in [0.4, 0.5) is 0 Å². The maximum atomic E-state index is 6.38. The molecule has 2 atom stereocenters. The zero-order valence-corrected chi connectivity index (χ0v) is 13.7. The number of nitrogens with two attached hydrogens (primary N) is 1. The quantitative estimate of drug-likeness (QED) is 0.922. The minimum absolute atomic E-state index is 0.161. The van der Waals surface area contributed by atoms with Crippen molar-refractivity contribution in [2.24, 2.45) is 5.73 Å². The van der Waals surface area contributed by atoms with E-state index in [2.05, 4.69) is 29.2 Å². The van der Waals surface area contributed by atoms with Gasteiger partial charge in [0.1, 0.15) is 11.5 Å². The first-order valence-electron chi connectivity index (χ1n) is 7.95. The van der Waals surface area contributed by atoms with Gasteiger partial charge in [0.05, 0.1) is 14.2 Å². The van der Waals surface area contributed by atoms with E-state index in [0.717, 1.165) is 36.7 Å². The lowest BCUT2D eigenvalue weighted by Crippen LogP contribution is -2.28. The van der Waals surface area contributed by atoms with Crippen molar-refractivity contribution < 1.29 is 9.47 Å². The summed E-state index contributed by atoms with van der Waals surface area (Å²) >= 11 is 0. The SMILES string of the molecule is COc1ccc(OC)c(CN2C[C@@H](N)[C@H](c3ccccc3)C2)c1. The maximum Gasteiger partial charge on any atom is 0.123 e. The zero-order chi connectivity index (χ0) is 16.2. The zero-order valence-electron chi connectivity index (χ0n) is 13.7. The van der Waals surface area contributed by atoms with Gasteiger partial charge in [-0.1, -0.05) is 30.3 Å². The topological polar surface area (TPSA) is 47.7 Å². The first-order chi connectivity index (χ1) is 11.2. The summed E-state index contributed by atoms with van der Waals surface area (Å²) in [4.78, 5) is 2.39. The van der Waals surface area contributed by atoms with Crippen LogP contribution >= 0.6 is 0 Å². The number of ether oxygens (including phenoxy) is 2. The molecule has 1 saturated heterocycles. The Hall–Kier alpha value is -2.04. The van der Waals surface area contributed by atoms with E-state index in [-0.39, 0.29) is 6.04 Å². The van der Waals surface area contributed by atoms with Crippen molar-refractivity contribution in [3.63, 3.8) is 0 Å². The van der Waals surface area contributed by atoms with Crippen LogP contribution < -0.4 is 15.2 Å². The second-order valence-corrected chi connectivity index (χ2v) is 6.05. The van der Waals surface area contributed by atoms with Crippen LogP contribution in [0.1, 0.15) is 17.0 Å². The molecular weight excluding hydrogens is 288 g/mol. The molecule has 1 heterocycles. The van der Waals surface area contributed by atoms with Gasteiger partial charge in [-0.3, -0.25) is 4.90 Å². The molecule has 4 nitrogen and oxygen atoms in total. The third-order valence-corrected chi connectivity index (χ3v) is 4.55. The largest absolute Gasteiger partial charge is 0.497 e. The third-order valence-electron chi connectivity index (χ3n) is 4.55. The summed E-state index contributed by atoms with van der Waals surface area (Å²) in [6.45, 7) is 2.67. The molecule has 23 heavy (non-hydrogen) atoms. The molecule has 1 fully saturated rings. The molecule has 3 rings (SSSR count). The first kappa shape index (κ1) is 15.8. The van der Waals surface area contributed by atoms with Crippen LogP contribution in [0.15, 0.2) is 48.5 Å². The second-order valence-electron chi connectivity index (χ2n) is 6.05. The molecule has 2 N–H and O–H groups in total. The molecule has 0 spiro atoms. The van der Waals surface area contributed by atoms with Gasteiger partial charge in [0.25, 0.3) is 0 Å². The van der Waals surface area contributed by atoms with E-state index in [1.165, 1.54) is 5.56 Å². The Labute approximate surface area is 137 Å². The van der Waals surface area contributed by atoms with Crippen molar-refractivity contribution in [3.05, 3.63) is 59.7 Å². The summed E-state index contributed by atoms with van der Waals surface area (Å²) in [5.74, 6) is 2.12. The molecule has 0 bridgehead atoms. The number of rotatable bonds is 5. The van der Waals surface area contributed by atoms with Crippen LogP contribution in [0.5, 0.6) is 11.5 Å². The van der Waals surface area contributed by atoms with Crippen LogP contribution in [0, 0.1) is 0 Å². The van der Waals surface area contributed by atoms with Crippen LogP contribution in [-0.2, 0) is 6.54 Å². The van der Waals surface area contributed by atoms with Crippen LogP contribution in [0.3, 0.4) is 0 Å². The highest BCUT2D eigenvalue weighted by atomic mass is 16.5. The lowest BCUT2D eigenvalue weighted by atomic mass is 9.95. The van der Waals surface area contributed by atoms with Crippen molar-refractivity contribution in [2.75, 3.05) is 27.3 Å². The van der Waals surface area contributed by atoms with Gasteiger partial charge in [-0.2, -0.15) is 0 Å². The Balaban J connectivity index is 1.75. The summed E-state index contributed by atoms with van der Waals surface area (Å²) in [6, 6.07) is 16.6. The Morgan fingerprint density at radius 1 is 1.04 bits per heavy atom. The number of benzene rings is 2. The molecule has 0 aromatic heterocycles. The van der Waals surface area contributed by atoms with Gasteiger partial charge in [-0.25, -0.2) is 0 Å². The highest BCUT2D eigenvalue weighted by Crippen LogP contribution is 2.30. The lowest BCUT2D eigenvalue weighted by molar-refractivity contribution is 0.313. The van der Waals surface area contributed by atoms with Gasteiger partial charge in [0, 0.05) is 37.2 Å². The highest BCUT2D eigenvalue weighted by molar-refractivity contribution is 5.40. The van der Waals surface area contributed by atoms with Gasteiger partial charge in [-0.15, -0.1) is 0 Å². The molecule has 1 aliphatic heterocycles. The summed E-state index contributed by atoms with van der Waals surface area (Å²) < 4.78 is 10.8. The number of methoxy groups -OCH3 is 2. The summed E-state index contributed by atoms with van der Waals surface area (Å²) in [6.07, 6.45) is 0. The van der Waals surface area contributed by atoms with Crippen molar-refractivity contribution in [2.45, 2.75) is 18.5 Å².